The summed E-state index contributed by atoms with van der Waals surface area (Å²) < 4.78 is 28.3. The Morgan fingerprint density at radius 2 is 1.94 bits per heavy atom. The second-order valence-electron chi connectivity index (χ2n) is 8.23. The SMILES string of the molecule is CC(C)c1c(C#CP(=O)(O)CC(O)CC(=O)O)c(-c2ccc(F)cc2)n2c1CCCC2. The van der Waals surface area contributed by atoms with Gasteiger partial charge in [0.05, 0.1) is 29.9 Å². The normalized spacial score (nSPS) is 16.2. The highest BCUT2D eigenvalue weighted by atomic mass is 31.2. The molecule has 2 heterocycles. The first-order valence-electron chi connectivity index (χ1n) is 10.3. The highest BCUT2D eigenvalue weighted by Gasteiger charge is 2.27. The zero-order valence-electron chi connectivity index (χ0n) is 17.6. The number of aliphatic carboxylic acids is 1. The minimum absolute atomic E-state index is 0.119. The molecule has 0 amide bonds. The number of carboxylic acids is 1. The van der Waals surface area contributed by atoms with E-state index in [-0.39, 0.29) is 11.7 Å². The third-order valence-electron chi connectivity index (χ3n) is 5.38. The van der Waals surface area contributed by atoms with E-state index in [9.17, 15) is 23.7 Å². The number of carboxylic acid groups (broad SMARTS) is 1. The quantitative estimate of drug-likeness (QED) is 0.456. The number of fused-ring (bicyclic) bond motifs is 1. The van der Waals surface area contributed by atoms with Crippen LogP contribution in [0.1, 0.15) is 55.8 Å². The molecule has 8 heteroatoms. The van der Waals surface area contributed by atoms with Crippen LogP contribution in [0.4, 0.5) is 4.39 Å². The van der Waals surface area contributed by atoms with Gasteiger partial charge >= 0.3 is 5.97 Å². The van der Waals surface area contributed by atoms with E-state index in [0.29, 0.717) is 5.56 Å². The molecule has 0 bridgehead atoms. The van der Waals surface area contributed by atoms with Crippen LogP contribution in [0.5, 0.6) is 0 Å². The van der Waals surface area contributed by atoms with Crippen molar-refractivity contribution in [3.05, 3.63) is 46.9 Å². The summed E-state index contributed by atoms with van der Waals surface area (Å²) in [6.45, 7) is 4.87. The number of aliphatic hydroxyl groups excluding tert-OH is 1. The molecule has 0 saturated carbocycles. The summed E-state index contributed by atoms with van der Waals surface area (Å²) in [6, 6.07) is 6.11. The Morgan fingerprint density at radius 1 is 1.26 bits per heavy atom. The Kier molecular flexibility index (Phi) is 7.06. The molecule has 0 aliphatic carbocycles. The van der Waals surface area contributed by atoms with E-state index in [0.717, 1.165) is 48.3 Å². The first kappa shape index (κ1) is 23.3. The minimum atomic E-state index is -4.09. The maximum Gasteiger partial charge on any atom is 0.305 e. The third kappa shape index (κ3) is 5.46. The molecule has 31 heavy (non-hydrogen) atoms. The van der Waals surface area contributed by atoms with Gasteiger partial charge in [0, 0.05) is 12.2 Å². The molecule has 2 atom stereocenters. The van der Waals surface area contributed by atoms with E-state index in [4.69, 9.17) is 5.11 Å². The van der Waals surface area contributed by atoms with Crippen LogP contribution in [-0.4, -0.2) is 37.9 Å². The zero-order valence-corrected chi connectivity index (χ0v) is 18.5. The van der Waals surface area contributed by atoms with Gasteiger partial charge in [-0.15, -0.1) is 0 Å². The van der Waals surface area contributed by atoms with Gasteiger partial charge in [-0.25, -0.2) is 4.39 Å². The number of hydrogen-bond donors (Lipinski definition) is 3. The molecule has 0 fully saturated rings. The maximum absolute atomic E-state index is 13.5. The highest BCUT2D eigenvalue weighted by molar-refractivity contribution is 7.63. The summed E-state index contributed by atoms with van der Waals surface area (Å²) in [4.78, 5) is 21.0. The van der Waals surface area contributed by atoms with E-state index in [1.165, 1.54) is 12.1 Å². The summed E-state index contributed by atoms with van der Waals surface area (Å²) in [5, 5.41) is 18.5. The fourth-order valence-electron chi connectivity index (χ4n) is 4.16. The molecule has 2 unspecified atom stereocenters. The number of hydrogen-bond acceptors (Lipinski definition) is 3. The van der Waals surface area contributed by atoms with Crippen molar-refractivity contribution in [2.45, 2.75) is 58.1 Å². The van der Waals surface area contributed by atoms with Crippen LogP contribution in [-0.2, 0) is 22.3 Å². The second-order valence-corrected chi connectivity index (χ2v) is 10.2. The molecule has 166 valence electrons. The highest BCUT2D eigenvalue weighted by Crippen LogP contribution is 2.42. The topological polar surface area (TPSA) is 99.8 Å². The monoisotopic (exact) mass is 447 g/mol. The number of rotatable bonds is 6. The number of nitrogens with zero attached hydrogens (tertiary/aromatic N) is 1. The van der Waals surface area contributed by atoms with Crippen LogP contribution >= 0.6 is 7.37 Å². The standard InChI is InChI=1S/C23H27FNO5P/c1-15(2)22-19(10-12-31(29,30)14-18(26)13-21(27)28)23(16-6-8-17(24)9-7-16)25-11-4-3-5-20(22)25/h6-9,15,18,26H,3-5,11,13-14H2,1-2H3,(H,27,28)(H,29,30). The Bertz CT molecular complexity index is 1080. The fraction of sp³-hybridized carbons (Fsp3) is 0.435. The molecule has 1 aliphatic rings. The predicted octanol–water partition coefficient (Wildman–Crippen LogP) is 4.17. The van der Waals surface area contributed by atoms with Crippen LogP contribution in [0.25, 0.3) is 11.3 Å². The number of aromatic nitrogens is 1. The van der Waals surface area contributed by atoms with Gasteiger partial charge in [-0.1, -0.05) is 19.8 Å². The van der Waals surface area contributed by atoms with Crippen molar-refractivity contribution in [2.24, 2.45) is 0 Å². The van der Waals surface area contributed by atoms with Crippen molar-refractivity contribution in [3.63, 3.8) is 0 Å². The lowest BCUT2D eigenvalue weighted by Crippen LogP contribution is -2.17. The van der Waals surface area contributed by atoms with E-state index in [1.54, 1.807) is 12.1 Å². The van der Waals surface area contributed by atoms with Crippen molar-refractivity contribution < 1.29 is 28.9 Å². The molecule has 0 spiro atoms. The van der Waals surface area contributed by atoms with E-state index >= 15 is 0 Å². The van der Waals surface area contributed by atoms with Crippen LogP contribution in [0, 0.1) is 17.4 Å². The Hall–Kier alpha value is -2.39. The maximum atomic E-state index is 13.5. The molecule has 1 aromatic carbocycles. The van der Waals surface area contributed by atoms with Crippen LogP contribution in [0.3, 0.4) is 0 Å². The van der Waals surface area contributed by atoms with Crippen molar-refractivity contribution in [1.82, 2.24) is 4.57 Å². The number of aliphatic hydroxyl groups is 1. The fourth-order valence-corrected chi connectivity index (χ4v) is 5.24. The predicted molar refractivity (Wildman–Crippen MR) is 117 cm³/mol. The van der Waals surface area contributed by atoms with Gasteiger partial charge in [-0.3, -0.25) is 9.36 Å². The van der Waals surface area contributed by atoms with Gasteiger partial charge < -0.3 is 19.7 Å². The van der Waals surface area contributed by atoms with Gasteiger partial charge in [0.1, 0.15) is 5.82 Å². The smallest absolute Gasteiger partial charge is 0.305 e. The summed E-state index contributed by atoms with van der Waals surface area (Å²) in [7, 11) is -4.09. The summed E-state index contributed by atoms with van der Waals surface area (Å²) in [5.41, 5.74) is 6.80. The Morgan fingerprint density at radius 3 is 2.55 bits per heavy atom. The number of carbonyl (C=O) groups is 1. The molecule has 3 rings (SSSR count). The van der Waals surface area contributed by atoms with E-state index in [2.05, 4.69) is 16.1 Å². The molecule has 0 radical (unpaired) electrons. The van der Waals surface area contributed by atoms with Gasteiger partial charge in [0.25, 0.3) is 7.37 Å². The van der Waals surface area contributed by atoms with Gasteiger partial charge in [-0.2, -0.15) is 0 Å². The van der Waals surface area contributed by atoms with Crippen LogP contribution in [0.2, 0.25) is 0 Å². The minimum Gasteiger partial charge on any atom is -0.481 e. The number of benzene rings is 1. The average Bonchev–Trinajstić information content (AvgIpc) is 3.00. The molecule has 6 nitrogen and oxygen atoms in total. The van der Waals surface area contributed by atoms with E-state index < -0.39 is 32.0 Å². The molecule has 1 aromatic heterocycles. The van der Waals surface area contributed by atoms with Crippen LogP contribution in [0.15, 0.2) is 24.3 Å². The van der Waals surface area contributed by atoms with Crippen LogP contribution < -0.4 is 0 Å². The Balaban J connectivity index is 2.12. The molecule has 2 aromatic rings. The molecule has 3 N–H and O–H groups in total. The largest absolute Gasteiger partial charge is 0.481 e. The first-order chi connectivity index (χ1) is 14.6. The van der Waals surface area contributed by atoms with Crippen molar-refractivity contribution in [1.29, 1.82) is 0 Å². The zero-order chi connectivity index (χ0) is 22.8. The van der Waals surface area contributed by atoms with E-state index in [1.807, 2.05) is 13.8 Å². The lowest BCUT2D eigenvalue weighted by atomic mass is 9.94. The average molecular weight is 447 g/mol. The van der Waals surface area contributed by atoms with Crippen molar-refractivity contribution >= 4 is 13.3 Å². The molecular weight excluding hydrogens is 420 g/mol. The first-order valence-corrected chi connectivity index (χ1v) is 12.2. The van der Waals surface area contributed by atoms with Crippen molar-refractivity contribution in [3.8, 4) is 22.8 Å². The molecule has 0 saturated heterocycles. The van der Waals surface area contributed by atoms with Gasteiger partial charge in [0.2, 0.25) is 0 Å². The van der Waals surface area contributed by atoms with Gasteiger partial charge in [0.15, 0.2) is 0 Å². The third-order valence-corrected chi connectivity index (χ3v) is 6.75. The molecule has 1 aliphatic heterocycles. The second kappa shape index (κ2) is 9.40. The number of halogens is 1. The summed E-state index contributed by atoms with van der Waals surface area (Å²) >= 11 is 0. The summed E-state index contributed by atoms with van der Waals surface area (Å²) in [6.07, 6.45) is 0.232. The van der Waals surface area contributed by atoms with Gasteiger partial charge in [-0.05, 0) is 66.2 Å². The lowest BCUT2D eigenvalue weighted by molar-refractivity contribution is -0.138. The van der Waals surface area contributed by atoms with Crippen molar-refractivity contribution in [2.75, 3.05) is 6.16 Å². The Labute approximate surface area is 181 Å². The molecular formula is C23H27FNO5P. The summed E-state index contributed by atoms with van der Waals surface area (Å²) in [5.74, 6) is 1.42. The lowest BCUT2D eigenvalue weighted by Gasteiger charge is -2.19.